The number of likely N-dealkylation sites (tertiary alicyclic amines) is 1. The smallest absolute Gasteiger partial charge is 0.319 e. The zero-order valence-corrected chi connectivity index (χ0v) is 40.8. The van der Waals surface area contributed by atoms with Gasteiger partial charge in [-0.2, -0.15) is 9.97 Å². The topological polar surface area (TPSA) is 147 Å². The van der Waals surface area contributed by atoms with Crippen LogP contribution < -0.4 is 25.2 Å². The number of terminal acetylenes is 1. The van der Waals surface area contributed by atoms with Gasteiger partial charge in [0.1, 0.15) is 23.1 Å². The quantitative estimate of drug-likeness (QED) is 0.0853. The molecular formula is C57H62FN9O5. The number of hydrogen-bond acceptors (Lipinski definition) is 12. The molecule has 4 aromatic carbocycles. The molecule has 1 aliphatic carbocycles. The normalized spacial score (nSPS) is 23.4. The number of carbonyl (C=O) groups is 3. The molecule has 3 amide bonds. The van der Waals surface area contributed by atoms with Crippen LogP contribution in [0.1, 0.15) is 84.8 Å². The molecule has 5 saturated heterocycles. The zero-order chi connectivity index (χ0) is 49.3. The van der Waals surface area contributed by atoms with Gasteiger partial charge in [-0.1, -0.05) is 30.7 Å². The summed E-state index contributed by atoms with van der Waals surface area (Å²) in [5, 5.41) is 19.0. The molecule has 14 nitrogen and oxygen atoms in total. The van der Waals surface area contributed by atoms with Crippen LogP contribution >= 0.6 is 0 Å². The molecule has 1 aromatic heterocycles. The fourth-order valence-corrected chi connectivity index (χ4v) is 12.7. The molecule has 3 atom stereocenters. The summed E-state index contributed by atoms with van der Waals surface area (Å²) in [6.45, 7) is 14.5. The van der Waals surface area contributed by atoms with Gasteiger partial charge in [-0.3, -0.25) is 24.6 Å². The van der Waals surface area contributed by atoms with Crippen LogP contribution in [0.5, 0.6) is 11.8 Å². The third kappa shape index (κ3) is 8.81. The molecule has 15 heteroatoms. The summed E-state index contributed by atoms with van der Waals surface area (Å²) in [6, 6.07) is 17.0. The molecule has 6 fully saturated rings. The second-order valence-electron chi connectivity index (χ2n) is 21.5. The van der Waals surface area contributed by atoms with E-state index in [1.807, 2.05) is 36.4 Å². The number of halogens is 1. The maximum Gasteiger partial charge on any atom is 0.319 e. The number of carbonyl (C=O) groups excluding carboxylic acids is 3. The number of benzene rings is 4. The number of fused-ring (bicyclic) bond motifs is 5. The Kier molecular flexibility index (Phi) is 12.1. The summed E-state index contributed by atoms with van der Waals surface area (Å²) < 4.78 is 24.2. The molecule has 3 N–H and O–H groups in total. The summed E-state index contributed by atoms with van der Waals surface area (Å²) >= 11 is 0. The summed E-state index contributed by atoms with van der Waals surface area (Å²) in [5.74, 6) is 2.79. The van der Waals surface area contributed by atoms with Crippen LogP contribution in [0, 0.1) is 29.5 Å². The number of rotatable bonds is 13. The second kappa shape index (κ2) is 18.8. The Morgan fingerprint density at radius 1 is 0.903 bits per heavy atom. The van der Waals surface area contributed by atoms with Gasteiger partial charge in [0, 0.05) is 109 Å². The van der Waals surface area contributed by atoms with E-state index in [2.05, 4.69) is 48.8 Å². The third-order valence-electron chi connectivity index (χ3n) is 16.9. The average Bonchev–Trinajstić information content (AvgIpc) is 3.97. The van der Waals surface area contributed by atoms with E-state index in [-0.39, 0.29) is 52.4 Å². The number of imide groups is 1. The van der Waals surface area contributed by atoms with Crippen LogP contribution in [0.25, 0.3) is 38.9 Å². The highest BCUT2D eigenvalue weighted by Gasteiger charge is 2.46. The monoisotopic (exact) mass is 971 g/mol. The molecule has 5 aromatic rings. The lowest BCUT2D eigenvalue weighted by molar-refractivity contribution is -0.136. The van der Waals surface area contributed by atoms with Crippen LogP contribution in [0.2, 0.25) is 0 Å². The predicted molar refractivity (Wildman–Crippen MR) is 276 cm³/mol. The Balaban J connectivity index is 0.676. The Labute approximate surface area is 419 Å². The van der Waals surface area contributed by atoms with Crippen molar-refractivity contribution < 1.29 is 28.6 Å². The SMILES string of the molecule is C#Cc1cccc2cc(O)cc(-c3c(C=C)cc4c(N5CC6CCC(C5)N6)nc(OCC5(CN6CCC(CCN7CCN(c8ccc9c(c8)CN([C@H]8CCC(=O)NC8=O)C9=O)CC7)CC6)CC5)nc4c3F)c12. The van der Waals surface area contributed by atoms with Crippen LogP contribution in [0.15, 0.2) is 61.2 Å². The highest BCUT2D eigenvalue weighted by Crippen LogP contribution is 2.48. The van der Waals surface area contributed by atoms with Crippen molar-refractivity contribution in [3.63, 3.8) is 0 Å². The number of ether oxygens (including phenoxy) is 1. The lowest BCUT2D eigenvalue weighted by Crippen LogP contribution is -2.52. The fourth-order valence-electron chi connectivity index (χ4n) is 12.7. The number of aromatic hydroxyl groups is 1. The van der Waals surface area contributed by atoms with E-state index in [0.717, 1.165) is 102 Å². The first-order valence-corrected chi connectivity index (χ1v) is 26.0. The molecule has 7 heterocycles. The van der Waals surface area contributed by atoms with E-state index in [9.17, 15) is 19.5 Å². The number of nitrogens with one attached hydrogen (secondary N) is 2. The maximum absolute atomic E-state index is 17.6. The summed E-state index contributed by atoms with van der Waals surface area (Å²) in [5.41, 5.74) is 4.79. The van der Waals surface area contributed by atoms with Gasteiger partial charge in [-0.25, -0.2) is 4.39 Å². The number of piperidine rings is 2. The van der Waals surface area contributed by atoms with Crippen LogP contribution in [0.4, 0.5) is 15.9 Å². The van der Waals surface area contributed by atoms with Gasteiger partial charge < -0.3 is 34.8 Å². The minimum Gasteiger partial charge on any atom is -0.508 e. The molecular weight excluding hydrogens is 910 g/mol. The molecule has 0 radical (unpaired) electrons. The Morgan fingerprint density at radius 2 is 1.69 bits per heavy atom. The van der Waals surface area contributed by atoms with Gasteiger partial charge in [0.15, 0.2) is 5.82 Å². The third-order valence-corrected chi connectivity index (χ3v) is 16.9. The highest BCUT2D eigenvalue weighted by molar-refractivity contribution is 6.07. The Morgan fingerprint density at radius 3 is 2.43 bits per heavy atom. The lowest BCUT2D eigenvalue weighted by Gasteiger charge is -2.38. The largest absolute Gasteiger partial charge is 0.508 e. The van der Waals surface area contributed by atoms with E-state index in [0.29, 0.717) is 81.8 Å². The van der Waals surface area contributed by atoms with Gasteiger partial charge in [-0.05, 0) is 141 Å². The first-order valence-electron chi connectivity index (χ1n) is 26.0. The standard InChI is InChI=1S/C57H62FN9O5/c1-3-36-6-5-7-38-27-43(68)29-45(49(36)38)50-37(4-2)28-46-52(51(50)58)61-56(62-53(46)66-31-40-8-9-41(32-66)59-40)72-34-57(17-18-57)33-64-20-15-35(16-21-64)14-19-63-22-24-65(25-23-63)42-10-11-44-39(26-42)30-67(55(44)71)47-12-13-48(69)60-54(47)70/h1,4-7,10-11,26-29,35,40-41,47,59,68H,2,8-9,12-25,30-34H2,(H,60,69,70)/t40?,41?,47-/m0/s1. The molecule has 72 heavy (non-hydrogen) atoms. The fraction of sp³-hybridized carbons (Fsp3) is 0.456. The molecule has 2 bridgehead atoms. The maximum atomic E-state index is 17.6. The number of nitrogens with zero attached hydrogens (tertiary/aromatic N) is 7. The molecule has 0 spiro atoms. The van der Waals surface area contributed by atoms with E-state index >= 15 is 4.39 Å². The molecule has 1 saturated carbocycles. The molecule has 6 aliphatic heterocycles. The van der Waals surface area contributed by atoms with Gasteiger partial charge in [0.2, 0.25) is 11.8 Å². The molecule has 2 unspecified atom stereocenters. The van der Waals surface area contributed by atoms with Crippen molar-refractivity contribution in [2.75, 3.05) is 81.9 Å². The minimum atomic E-state index is -0.607. The predicted octanol–water partition coefficient (Wildman–Crippen LogP) is 6.70. The van der Waals surface area contributed by atoms with Crippen molar-refractivity contribution in [1.29, 1.82) is 0 Å². The van der Waals surface area contributed by atoms with Crippen LogP contribution in [-0.2, 0) is 16.1 Å². The summed E-state index contributed by atoms with van der Waals surface area (Å²) in [7, 11) is 0. The number of phenols is 1. The number of aromatic nitrogens is 2. The number of amides is 3. The first-order chi connectivity index (χ1) is 35.0. The first kappa shape index (κ1) is 46.5. The van der Waals surface area contributed by atoms with E-state index in [1.54, 1.807) is 23.1 Å². The van der Waals surface area contributed by atoms with Crippen molar-refractivity contribution >= 4 is 57.0 Å². The van der Waals surface area contributed by atoms with Crippen molar-refractivity contribution in [2.24, 2.45) is 11.3 Å². The molecule has 372 valence electrons. The van der Waals surface area contributed by atoms with E-state index < -0.39 is 11.9 Å². The number of hydrogen-bond donors (Lipinski definition) is 3. The van der Waals surface area contributed by atoms with Gasteiger partial charge in [-0.15, -0.1) is 6.42 Å². The average molecular weight is 972 g/mol. The molecule has 7 aliphatic rings. The Hall–Kier alpha value is -6.60. The summed E-state index contributed by atoms with van der Waals surface area (Å²) in [4.78, 5) is 58.9. The lowest BCUT2D eigenvalue weighted by atomic mass is 9.90. The van der Waals surface area contributed by atoms with Crippen molar-refractivity contribution in [1.82, 2.24) is 35.3 Å². The van der Waals surface area contributed by atoms with Crippen molar-refractivity contribution in [3.8, 4) is 35.2 Å². The van der Waals surface area contributed by atoms with Gasteiger partial charge in [0.05, 0.1) is 6.61 Å². The van der Waals surface area contributed by atoms with Crippen molar-refractivity contribution in [2.45, 2.75) is 82.5 Å². The summed E-state index contributed by atoms with van der Waals surface area (Å²) in [6.07, 6.45) is 16.1. The van der Waals surface area contributed by atoms with Crippen LogP contribution in [0.3, 0.4) is 0 Å². The minimum absolute atomic E-state index is 0.00293. The van der Waals surface area contributed by atoms with Gasteiger partial charge in [0.25, 0.3) is 5.91 Å². The number of phenolic OH excluding ortho intramolecular Hbond substituents is 1. The van der Waals surface area contributed by atoms with E-state index in [4.69, 9.17) is 21.1 Å². The Bertz CT molecular complexity index is 3050. The zero-order valence-electron chi connectivity index (χ0n) is 40.8. The molecule has 12 rings (SSSR count). The van der Waals surface area contributed by atoms with Crippen LogP contribution in [-0.4, -0.2) is 138 Å². The number of anilines is 2. The number of piperazine rings is 2. The second-order valence-corrected chi connectivity index (χ2v) is 21.5. The highest BCUT2D eigenvalue weighted by atomic mass is 19.1. The van der Waals surface area contributed by atoms with Gasteiger partial charge >= 0.3 is 6.01 Å². The van der Waals surface area contributed by atoms with E-state index in [1.165, 1.54) is 19.3 Å². The van der Waals surface area contributed by atoms with Crippen molar-refractivity contribution in [3.05, 3.63) is 89.2 Å².